The van der Waals surface area contributed by atoms with Crippen LogP contribution in [0.4, 0.5) is 13.2 Å². The van der Waals surface area contributed by atoms with Crippen molar-refractivity contribution in [2.24, 2.45) is 0 Å². The predicted octanol–water partition coefficient (Wildman–Crippen LogP) is 7.57. The zero-order valence-corrected chi connectivity index (χ0v) is 18.8. The summed E-state index contributed by atoms with van der Waals surface area (Å²) in [5.41, 5.74) is 1.38. The molecule has 0 spiro atoms. The highest BCUT2D eigenvalue weighted by Crippen LogP contribution is 2.39. The fourth-order valence-electron chi connectivity index (χ4n) is 4.06. The average Bonchev–Trinajstić information content (AvgIpc) is 3.22. The summed E-state index contributed by atoms with van der Waals surface area (Å²) in [7, 11) is 1.58. The topological polar surface area (TPSA) is 36.3 Å². The highest BCUT2D eigenvalue weighted by molar-refractivity contribution is 5.95. The third kappa shape index (κ3) is 4.71. The zero-order valence-electron chi connectivity index (χ0n) is 18.8. The number of halogens is 3. The quantitative estimate of drug-likeness (QED) is 0.255. The molecule has 5 rings (SSSR count). The van der Waals surface area contributed by atoms with E-state index in [0.29, 0.717) is 40.4 Å². The first-order valence-electron chi connectivity index (χ1n) is 11.0. The highest BCUT2D eigenvalue weighted by Gasteiger charge is 2.34. The SMILES string of the molecule is COc1cccc(Oc2cccc(-c3c4cccc(C(F)(F)F)c4nn3Cc3ccccc3)c2)c1. The normalized spacial score (nSPS) is 11.5. The molecule has 0 atom stereocenters. The van der Waals surface area contributed by atoms with Gasteiger partial charge in [0.2, 0.25) is 0 Å². The molecule has 0 bridgehead atoms. The Bertz CT molecular complexity index is 1480. The lowest BCUT2D eigenvalue weighted by molar-refractivity contribution is -0.136. The van der Waals surface area contributed by atoms with Crippen LogP contribution in [-0.2, 0) is 12.7 Å². The summed E-state index contributed by atoms with van der Waals surface area (Å²) in [6.45, 7) is 0.323. The number of alkyl halides is 3. The second-order valence-electron chi connectivity index (χ2n) is 8.00. The minimum atomic E-state index is -4.51. The van der Waals surface area contributed by atoms with Gasteiger partial charge in [-0.2, -0.15) is 18.3 Å². The first kappa shape index (κ1) is 22.5. The number of fused-ring (bicyclic) bond motifs is 1. The molecule has 0 aliphatic heterocycles. The van der Waals surface area contributed by atoms with Crippen molar-refractivity contribution in [3.63, 3.8) is 0 Å². The fourth-order valence-corrected chi connectivity index (χ4v) is 4.06. The Morgan fingerprint density at radius 3 is 2.20 bits per heavy atom. The van der Waals surface area contributed by atoms with Gasteiger partial charge in [0.15, 0.2) is 0 Å². The summed E-state index contributed by atoms with van der Waals surface area (Å²) in [6.07, 6.45) is -4.51. The lowest BCUT2D eigenvalue weighted by Gasteiger charge is -2.11. The Hall–Kier alpha value is -4.26. The maximum Gasteiger partial charge on any atom is 0.418 e. The van der Waals surface area contributed by atoms with Crippen LogP contribution in [0.15, 0.2) is 97.1 Å². The van der Waals surface area contributed by atoms with Crippen molar-refractivity contribution in [2.45, 2.75) is 12.7 Å². The third-order valence-electron chi connectivity index (χ3n) is 5.63. The number of hydrogen-bond donors (Lipinski definition) is 0. The first-order valence-corrected chi connectivity index (χ1v) is 11.0. The Kier molecular flexibility index (Phi) is 5.91. The zero-order chi connectivity index (χ0) is 24.4. The van der Waals surface area contributed by atoms with Gasteiger partial charge >= 0.3 is 6.18 Å². The molecule has 0 aliphatic carbocycles. The summed E-state index contributed by atoms with van der Waals surface area (Å²) in [6, 6.07) is 28.1. The Morgan fingerprint density at radius 1 is 0.771 bits per heavy atom. The van der Waals surface area contributed by atoms with Crippen LogP contribution < -0.4 is 9.47 Å². The number of methoxy groups -OCH3 is 1. The molecule has 0 radical (unpaired) electrons. The van der Waals surface area contributed by atoms with Crippen LogP contribution in [0.5, 0.6) is 17.2 Å². The lowest BCUT2D eigenvalue weighted by atomic mass is 10.0. The van der Waals surface area contributed by atoms with Crippen LogP contribution in [0.2, 0.25) is 0 Å². The Morgan fingerprint density at radius 2 is 1.46 bits per heavy atom. The van der Waals surface area contributed by atoms with E-state index in [-0.39, 0.29) is 5.52 Å². The van der Waals surface area contributed by atoms with Gasteiger partial charge in [-0.1, -0.05) is 60.7 Å². The highest BCUT2D eigenvalue weighted by atomic mass is 19.4. The minimum Gasteiger partial charge on any atom is -0.497 e. The van der Waals surface area contributed by atoms with E-state index in [1.807, 2.05) is 54.6 Å². The lowest BCUT2D eigenvalue weighted by Crippen LogP contribution is -2.06. The van der Waals surface area contributed by atoms with E-state index in [0.717, 1.165) is 11.6 Å². The summed E-state index contributed by atoms with van der Waals surface area (Å²) in [5.74, 6) is 1.79. The largest absolute Gasteiger partial charge is 0.497 e. The maximum absolute atomic E-state index is 13.8. The van der Waals surface area contributed by atoms with E-state index in [1.165, 1.54) is 6.07 Å². The molecule has 35 heavy (non-hydrogen) atoms. The number of aromatic nitrogens is 2. The molecule has 0 fully saturated rings. The Labute approximate surface area is 200 Å². The molecular weight excluding hydrogens is 453 g/mol. The molecule has 0 amide bonds. The first-order chi connectivity index (χ1) is 16.9. The number of ether oxygens (including phenoxy) is 2. The fraction of sp³-hybridized carbons (Fsp3) is 0.107. The summed E-state index contributed by atoms with van der Waals surface area (Å²) < 4.78 is 54.2. The van der Waals surface area contributed by atoms with Crippen LogP contribution in [0.1, 0.15) is 11.1 Å². The molecule has 4 aromatic carbocycles. The van der Waals surface area contributed by atoms with Crippen molar-refractivity contribution in [1.29, 1.82) is 0 Å². The monoisotopic (exact) mass is 474 g/mol. The molecule has 1 aromatic heterocycles. The molecule has 0 saturated heterocycles. The molecule has 0 saturated carbocycles. The number of benzene rings is 4. The van der Waals surface area contributed by atoms with Gasteiger partial charge in [0.05, 0.1) is 24.9 Å². The molecule has 1 heterocycles. The van der Waals surface area contributed by atoms with Gasteiger partial charge < -0.3 is 9.47 Å². The minimum absolute atomic E-state index is 0.0787. The molecule has 5 aromatic rings. The molecule has 0 unspecified atom stereocenters. The van der Waals surface area contributed by atoms with Gasteiger partial charge in [-0.05, 0) is 35.9 Å². The van der Waals surface area contributed by atoms with Gasteiger partial charge in [-0.15, -0.1) is 0 Å². The van der Waals surface area contributed by atoms with E-state index >= 15 is 0 Å². The smallest absolute Gasteiger partial charge is 0.418 e. The predicted molar refractivity (Wildman–Crippen MR) is 129 cm³/mol. The third-order valence-corrected chi connectivity index (χ3v) is 5.63. The molecule has 7 heteroatoms. The van der Waals surface area contributed by atoms with Crippen LogP contribution in [0.3, 0.4) is 0 Å². The van der Waals surface area contributed by atoms with Crippen LogP contribution in [0.25, 0.3) is 22.2 Å². The standard InChI is InChI=1S/C28H21F3N2O2/c1-34-21-11-6-13-23(17-21)35-22-12-5-10-20(16-22)27-24-14-7-15-25(28(29,30)31)26(24)32-33(27)18-19-8-3-2-4-9-19/h2-17H,18H2,1H3. The number of hydrogen-bond acceptors (Lipinski definition) is 3. The maximum atomic E-state index is 13.8. The van der Waals surface area contributed by atoms with Crippen molar-refractivity contribution in [3.05, 3.63) is 108 Å². The van der Waals surface area contributed by atoms with Crippen LogP contribution in [0, 0.1) is 0 Å². The summed E-state index contributed by atoms with van der Waals surface area (Å²) in [5, 5.41) is 4.85. The average molecular weight is 474 g/mol. The van der Waals surface area contributed by atoms with E-state index in [1.54, 1.807) is 42.1 Å². The number of nitrogens with zero attached hydrogens (tertiary/aromatic N) is 2. The van der Waals surface area contributed by atoms with E-state index in [2.05, 4.69) is 5.10 Å². The molecule has 4 nitrogen and oxygen atoms in total. The van der Waals surface area contributed by atoms with Gasteiger partial charge in [0.1, 0.15) is 22.8 Å². The van der Waals surface area contributed by atoms with Crippen LogP contribution >= 0.6 is 0 Å². The van der Waals surface area contributed by atoms with Crippen molar-refractivity contribution in [2.75, 3.05) is 7.11 Å². The molecule has 0 aliphatic rings. The second kappa shape index (κ2) is 9.18. The number of rotatable bonds is 6. The van der Waals surface area contributed by atoms with Crippen molar-refractivity contribution >= 4 is 10.9 Å². The molecular formula is C28H21F3N2O2. The van der Waals surface area contributed by atoms with E-state index in [9.17, 15) is 13.2 Å². The second-order valence-corrected chi connectivity index (χ2v) is 8.00. The van der Waals surface area contributed by atoms with Crippen LogP contribution in [-0.4, -0.2) is 16.9 Å². The van der Waals surface area contributed by atoms with Gasteiger partial charge in [0, 0.05) is 17.0 Å². The van der Waals surface area contributed by atoms with E-state index < -0.39 is 11.7 Å². The van der Waals surface area contributed by atoms with Gasteiger partial charge in [-0.25, -0.2) is 0 Å². The molecule has 0 N–H and O–H groups in total. The van der Waals surface area contributed by atoms with Crippen molar-refractivity contribution in [1.82, 2.24) is 9.78 Å². The van der Waals surface area contributed by atoms with Gasteiger partial charge in [0.25, 0.3) is 0 Å². The van der Waals surface area contributed by atoms with E-state index in [4.69, 9.17) is 9.47 Å². The van der Waals surface area contributed by atoms with Crippen molar-refractivity contribution in [3.8, 4) is 28.5 Å². The summed E-state index contributed by atoms with van der Waals surface area (Å²) >= 11 is 0. The summed E-state index contributed by atoms with van der Waals surface area (Å²) in [4.78, 5) is 0. The Balaban J connectivity index is 1.63. The van der Waals surface area contributed by atoms with Crippen molar-refractivity contribution < 1.29 is 22.6 Å². The van der Waals surface area contributed by atoms with Gasteiger partial charge in [-0.3, -0.25) is 4.68 Å². The molecule has 176 valence electrons.